The summed E-state index contributed by atoms with van der Waals surface area (Å²) in [7, 11) is 0. The SMILES string of the molecule is Cc1cc(C)cc(C(=O)OC2CCC(OC(=O)c3ccccc3)CC2)c1. The molecule has 4 nitrogen and oxygen atoms in total. The van der Waals surface area contributed by atoms with E-state index in [1.807, 2.05) is 50.2 Å². The first-order valence-electron chi connectivity index (χ1n) is 9.06. The summed E-state index contributed by atoms with van der Waals surface area (Å²) in [5.74, 6) is -0.567. The quantitative estimate of drug-likeness (QED) is 0.753. The Bertz CT molecular complexity index is 754. The van der Waals surface area contributed by atoms with Crippen molar-refractivity contribution in [2.75, 3.05) is 0 Å². The normalized spacial score (nSPS) is 19.6. The van der Waals surface area contributed by atoms with E-state index in [0.717, 1.165) is 11.1 Å². The van der Waals surface area contributed by atoms with Crippen molar-refractivity contribution in [3.63, 3.8) is 0 Å². The van der Waals surface area contributed by atoms with Crippen molar-refractivity contribution in [1.29, 1.82) is 0 Å². The molecule has 3 rings (SSSR count). The standard InChI is InChI=1S/C22H24O4/c1-15-12-16(2)14-18(13-15)22(24)26-20-10-8-19(9-11-20)25-21(23)17-6-4-3-5-7-17/h3-7,12-14,19-20H,8-11H2,1-2H3. The van der Waals surface area contributed by atoms with E-state index < -0.39 is 0 Å². The Kier molecular flexibility index (Phi) is 5.71. The Balaban J connectivity index is 1.49. The van der Waals surface area contributed by atoms with Crippen LogP contribution in [0.5, 0.6) is 0 Å². The molecule has 0 aliphatic heterocycles. The lowest BCUT2D eigenvalue weighted by Crippen LogP contribution is -2.29. The second-order valence-corrected chi connectivity index (χ2v) is 6.95. The number of carbonyl (C=O) groups excluding carboxylic acids is 2. The average Bonchev–Trinajstić information content (AvgIpc) is 2.63. The van der Waals surface area contributed by atoms with Crippen LogP contribution in [-0.4, -0.2) is 24.1 Å². The highest BCUT2D eigenvalue weighted by Crippen LogP contribution is 2.25. The first-order chi connectivity index (χ1) is 12.5. The van der Waals surface area contributed by atoms with Crippen LogP contribution in [0.15, 0.2) is 48.5 Å². The maximum absolute atomic E-state index is 12.4. The molecule has 4 heteroatoms. The molecule has 0 spiro atoms. The second kappa shape index (κ2) is 8.17. The molecule has 136 valence electrons. The Morgan fingerprint density at radius 1 is 0.731 bits per heavy atom. The van der Waals surface area contributed by atoms with Crippen molar-refractivity contribution in [2.45, 2.75) is 51.7 Å². The van der Waals surface area contributed by atoms with E-state index in [-0.39, 0.29) is 24.1 Å². The number of rotatable bonds is 4. The number of hydrogen-bond donors (Lipinski definition) is 0. The van der Waals surface area contributed by atoms with Gasteiger partial charge in [-0.3, -0.25) is 0 Å². The third kappa shape index (κ3) is 4.72. The van der Waals surface area contributed by atoms with E-state index in [0.29, 0.717) is 36.8 Å². The maximum Gasteiger partial charge on any atom is 0.338 e. The van der Waals surface area contributed by atoms with Gasteiger partial charge >= 0.3 is 11.9 Å². The van der Waals surface area contributed by atoms with E-state index in [2.05, 4.69) is 0 Å². The second-order valence-electron chi connectivity index (χ2n) is 6.95. The lowest BCUT2D eigenvalue weighted by molar-refractivity contribution is -0.0108. The van der Waals surface area contributed by atoms with E-state index in [9.17, 15) is 9.59 Å². The highest BCUT2D eigenvalue weighted by atomic mass is 16.6. The zero-order chi connectivity index (χ0) is 18.5. The third-order valence-corrected chi connectivity index (χ3v) is 4.64. The first-order valence-corrected chi connectivity index (χ1v) is 9.06. The van der Waals surface area contributed by atoms with Gasteiger partial charge in [-0.25, -0.2) is 9.59 Å². The number of aryl methyl sites for hydroxylation is 2. The summed E-state index contributed by atoms with van der Waals surface area (Å²) >= 11 is 0. The van der Waals surface area contributed by atoms with Crippen molar-refractivity contribution in [2.24, 2.45) is 0 Å². The van der Waals surface area contributed by atoms with Crippen molar-refractivity contribution < 1.29 is 19.1 Å². The Morgan fingerprint density at radius 3 is 1.69 bits per heavy atom. The molecule has 0 atom stereocenters. The number of ether oxygens (including phenoxy) is 2. The zero-order valence-electron chi connectivity index (χ0n) is 15.2. The van der Waals surface area contributed by atoms with Crippen molar-refractivity contribution >= 4 is 11.9 Å². The van der Waals surface area contributed by atoms with Gasteiger partial charge in [-0.1, -0.05) is 35.4 Å². The summed E-state index contributed by atoms with van der Waals surface area (Å²) in [4.78, 5) is 24.5. The van der Waals surface area contributed by atoms with E-state index in [4.69, 9.17) is 9.47 Å². The largest absolute Gasteiger partial charge is 0.459 e. The molecule has 0 radical (unpaired) electrons. The van der Waals surface area contributed by atoms with Gasteiger partial charge in [0.15, 0.2) is 0 Å². The fourth-order valence-electron chi connectivity index (χ4n) is 3.37. The van der Waals surface area contributed by atoms with Gasteiger partial charge in [-0.15, -0.1) is 0 Å². The van der Waals surface area contributed by atoms with Gasteiger partial charge in [-0.05, 0) is 63.8 Å². The lowest BCUT2D eigenvalue weighted by atomic mass is 9.94. The molecule has 0 bridgehead atoms. The third-order valence-electron chi connectivity index (χ3n) is 4.64. The molecule has 2 aromatic rings. The minimum atomic E-state index is -0.290. The average molecular weight is 352 g/mol. The summed E-state index contributed by atoms with van der Waals surface area (Å²) in [6.45, 7) is 3.94. The van der Waals surface area contributed by atoms with Crippen molar-refractivity contribution in [1.82, 2.24) is 0 Å². The summed E-state index contributed by atoms with van der Waals surface area (Å²) in [5, 5.41) is 0. The number of benzene rings is 2. The smallest absolute Gasteiger partial charge is 0.338 e. The van der Waals surface area contributed by atoms with Gasteiger partial charge in [0.2, 0.25) is 0 Å². The van der Waals surface area contributed by atoms with Crippen LogP contribution in [0.4, 0.5) is 0 Å². The number of carbonyl (C=O) groups is 2. The molecule has 0 heterocycles. The molecule has 1 saturated carbocycles. The molecular weight excluding hydrogens is 328 g/mol. The van der Waals surface area contributed by atoms with Crippen LogP contribution in [0.3, 0.4) is 0 Å². The molecule has 0 aromatic heterocycles. The Labute approximate surface area is 154 Å². The fourth-order valence-corrected chi connectivity index (χ4v) is 3.37. The Morgan fingerprint density at radius 2 is 1.19 bits per heavy atom. The highest BCUT2D eigenvalue weighted by molar-refractivity contribution is 5.90. The summed E-state index contributed by atoms with van der Waals surface area (Å²) in [5.41, 5.74) is 3.26. The molecule has 2 aromatic carbocycles. The Hall–Kier alpha value is -2.62. The van der Waals surface area contributed by atoms with Crippen LogP contribution in [0, 0.1) is 13.8 Å². The molecule has 1 aliphatic rings. The number of esters is 2. The predicted molar refractivity (Wildman–Crippen MR) is 99.2 cm³/mol. The highest BCUT2D eigenvalue weighted by Gasteiger charge is 2.27. The molecule has 0 N–H and O–H groups in total. The molecule has 1 aliphatic carbocycles. The van der Waals surface area contributed by atoms with E-state index in [1.54, 1.807) is 12.1 Å². The minimum Gasteiger partial charge on any atom is -0.459 e. The van der Waals surface area contributed by atoms with Crippen molar-refractivity contribution in [3.8, 4) is 0 Å². The van der Waals surface area contributed by atoms with Gasteiger partial charge in [0.1, 0.15) is 12.2 Å². The van der Waals surface area contributed by atoms with Crippen LogP contribution in [0.1, 0.15) is 57.5 Å². The fraction of sp³-hybridized carbons (Fsp3) is 0.364. The minimum absolute atomic E-state index is 0.112. The lowest BCUT2D eigenvalue weighted by Gasteiger charge is -2.28. The monoisotopic (exact) mass is 352 g/mol. The number of hydrogen-bond acceptors (Lipinski definition) is 4. The molecule has 26 heavy (non-hydrogen) atoms. The van der Waals surface area contributed by atoms with Crippen LogP contribution >= 0.6 is 0 Å². The summed E-state index contributed by atoms with van der Waals surface area (Å²) in [6, 6.07) is 14.7. The molecule has 0 unspecified atom stereocenters. The topological polar surface area (TPSA) is 52.6 Å². The molecule has 0 saturated heterocycles. The molecule has 1 fully saturated rings. The molecule has 0 amide bonds. The van der Waals surface area contributed by atoms with Gasteiger partial charge in [0, 0.05) is 0 Å². The van der Waals surface area contributed by atoms with Crippen LogP contribution < -0.4 is 0 Å². The van der Waals surface area contributed by atoms with Gasteiger partial charge < -0.3 is 9.47 Å². The first kappa shape index (κ1) is 18.2. The van der Waals surface area contributed by atoms with Crippen LogP contribution in [0.2, 0.25) is 0 Å². The van der Waals surface area contributed by atoms with Gasteiger partial charge in [-0.2, -0.15) is 0 Å². The van der Waals surface area contributed by atoms with E-state index >= 15 is 0 Å². The summed E-state index contributed by atoms with van der Waals surface area (Å²) < 4.78 is 11.2. The maximum atomic E-state index is 12.4. The van der Waals surface area contributed by atoms with E-state index in [1.165, 1.54) is 0 Å². The van der Waals surface area contributed by atoms with Crippen LogP contribution in [0.25, 0.3) is 0 Å². The van der Waals surface area contributed by atoms with Gasteiger partial charge in [0.25, 0.3) is 0 Å². The predicted octanol–water partition coefficient (Wildman–Crippen LogP) is 4.63. The van der Waals surface area contributed by atoms with Crippen LogP contribution in [-0.2, 0) is 9.47 Å². The zero-order valence-corrected chi connectivity index (χ0v) is 15.2. The van der Waals surface area contributed by atoms with Crippen molar-refractivity contribution in [3.05, 3.63) is 70.8 Å². The van der Waals surface area contributed by atoms with Gasteiger partial charge in [0.05, 0.1) is 11.1 Å². The molecular formula is C22H24O4. The summed E-state index contributed by atoms with van der Waals surface area (Å²) in [6.07, 6.45) is 2.62.